The van der Waals surface area contributed by atoms with Crippen molar-refractivity contribution in [3.8, 4) is 9.75 Å². The molecule has 0 nitrogen and oxygen atoms in total. The van der Waals surface area contributed by atoms with Gasteiger partial charge in [0.2, 0.25) is 0 Å². The van der Waals surface area contributed by atoms with Crippen molar-refractivity contribution in [3.05, 3.63) is 39.6 Å². The number of rotatable bonds is 0. The SMILES string of the molecule is c1cc2c(s1)-c1sccc1C2=C1C2CCCC1CCC2. The van der Waals surface area contributed by atoms with Crippen LogP contribution in [0.15, 0.2) is 28.5 Å². The molecule has 0 radical (unpaired) electrons. The molecule has 0 spiro atoms. The van der Waals surface area contributed by atoms with Crippen LogP contribution >= 0.6 is 22.7 Å². The number of thiophene rings is 2. The standard InChI is InChI=1S/C18H18S2/c1-3-11-5-2-6-12(4-1)15(11)16-13-7-9-19-17(13)18-14(16)8-10-20-18/h7-12H,1-6H2. The molecule has 0 unspecified atom stereocenters. The number of allylic oxidation sites excluding steroid dienone is 1. The van der Waals surface area contributed by atoms with Crippen LogP contribution in [0.1, 0.15) is 49.7 Å². The molecule has 2 heterocycles. The van der Waals surface area contributed by atoms with E-state index in [0.29, 0.717) is 0 Å². The zero-order valence-corrected chi connectivity index (χ0v) is 13.2. The summed E-state index contributed by atoms with van der Waals surface area (Å²) in [6, 6.07) is 4.75. The highest BCUT2D eigenvalue weighted by atomic mass is 32.1. The molecule has 2 bridgehead atoms. The lowest BCUT2D eigenvalue weighted by atomic mass is 9.66. The molecule has 0 N–H and O–H groups in total. The molecule has 2 aromatic rings. The number of hydrogen-bond donors (Lipinski definition) is 0. The minimum atomic E-state index is 0.885. The van der Waals surface area contributed by atoms with E-state index in [-0.39, 0.29) is 0 Å². The third-order valence-corrected chi connectivity index (χ3v) is 7.45. The summed E-state index contributed by atoms with van der Waals surface area (Å²) in [5, 5.41) is 4.57. The first-order chi connectivity index (χ1) is 9.93. The fraction of sp³-hybridized carbons (Fsp3) is 0.444. The van der Waals surface area contributed by atoms with E-state index in [4.69, 9.17) is 0 Å². The van der Waals surface area contributed by atoms with Crippen LogP contribution < -0.4 is 0 Å². The molecular weight excluding hydrogens is 280 g/mol. The summed E-state index contributed by atoms with van der Waals surface area (Å²) in [5.74, 6) is 1.77. The zero-order chi connectivity index (χ0) is 13.1. The van der Waals surface area contributed by atoms with Crippen molar-refractivity contribution in [2.75, 3.05) is 0 Å². The minimum absolute atomic E-state index is 0.885. The second-order valence-electron chi connectivity index (χ2n) is 6.41. The average molecular weight is 298 g/mol. The summed E-state index contributed by atoms with van der Waals surface area (Å²) < 4.78 is 0. The van der Waals surface area contributed by atoms with E-state index in [0.717, 1.165) is 11.8 Å². The first-order valence-electron chi connectivity index (χ1n) is 7.83. The molecule has 3 aliphatic carbocycles. The van der Waals surface area contributed by atoms with Crippen LogP contribution in [0.2, 0.25) is 0 Å². The van der Waals surface area contributed by atoms with Crippen molar-refractivity contribution in [2.45, 2.75) is 38.5 Å². The predicted octanol–water partition coefficient (Wildman–Crippen LogP) is 6.19. The molecule has 0 aromatic carbocycles. The second kappa shape index (κ2) is 4.32. The highest BCUT2D eigenvalue weighted by Crippen LogP contribution is 2.56. The van der Waals surface area contributed by atoms with Crippen molar-refractivity contribution in [2.24, 2.45) is 11.8 Å². The van der Waals surface area contributed by atoms with Crippen LogP contribution in [0.3, 0.4) is 0 Å². The summed E-state index contributed by atoms with van der Waals surface area (Å²) in [6.07, 6.45) is 8.67. The van der Waals surface area contributed by atoms with Crippen molar-refractivity contribution in [1.29, 1.82) is 0 Å². The van der Waals surface area contributed by atoms with Crippen LogP contribution in [0.5, 0.6) is 0 Å². The van der Waals surface area contributed by atoms with Gasteiger partial charge in [0, 0.05) is 11.1 Å². The lowest BCUT2D eigenvalue weighted by molar-refractivity contribution is 0.279. The van der Waals surface area contributed by atoms with Gasteiger partial charge in [-0.1, -0.05) is 18.4 Å². The van der Waals surface area contributed by atoms with Gasteiger partial charge in [-0.25, -0.2) is 0 Å². The van der Waals surface area contributed by atoms with Crippen LogP contribution in [0.25, 0.3) is 15.3 Å². The molecule has 0 atom stereocenters. The Morgan fingerprint density at radius 2 is 1.25 bits per heavy atom. The Hall–Kier alpha value is -0.860. The predicted molar refractivity (Wildman–Crippen MR) is 88.3 cm³/mol. The summed E-state index contributed by atoms with van der Waals surface area (Å²) >= 11 is 3.86. The summed E-state index contributed by atoms with van der Waals surface area (Å²) in [5.41, 5.74) is 6.63. The van der Waals surface area contributed by atoms with Gasteiger partial charge in [0.25, 0.3) is 0 Å². The third-order valence-electron chi connectivity index (χ3n) is 5.45. The minimum Gasteiger partial charge on any atom is -0.142 e. The second-order valence-corrected chi connectivity index (χ2v) is 8.25. The Morgan fingerprint density at radius 1 is 0.750 bits per heavy atom. The summed E-state index contributed by atoms with van der Waals surface area (Å²) in [6.45, 7) is 0. The van der Waals surface area contributed by atoms with E-state index >= 15 is 0 Å². The maximum atomic E-state index is 2.37. The lowest BCUT2D eigenvalue weighted by Gasteiger charge is -2.39. The first kappa shape index (κ1) is 11.8. The molecule has 102 valence electrons. The molecule has 3 aliphatic rings. The smallest absolute Gasteiger partial charge is 0.0527 e. The molecule has 0 amide bonds. The van der Waals surface area contributed by atoms with Crippen molar-refractivity contribution < 1.29 is 0 Å². The maximum absolute atomic E-state index is 2.37. The maximum Gasteiger partial charge on any atom is 0.0527 e. The Labute approximate surface area is 128 Å². The van der Waals surface area contributed by atoms with E-state index < -0.39 is 0 Å². The molecule has 0 saturated heterocycles. The molecule has 20 heavy (non-hydrogen) atoms. The van der Waals surface area contributed by atoms with Crippen LogP contribution in [-0.2, 0) is 0 Å². The van der Waals surface area contributed by atoms with Gasteiger partial charge in [-0.2, -0.15) is 0 Å². The molecular formula is C18H18S2. The van der Waals surface area contributed by atoms with Gasteiger partial charge >= 0.3 is 0 Å². The number of fused-ring (bicyclic) bond motifs is 5. The Bertz CT molecular complexity index is 634. The van der Waals surface area contributed by atoms with Gasteiger partial charge < -0.3 is 0 Å². The lowest BCUT2D eigenvalue weighted by Crippen LogP contribution is -2.25. The van der Waals surface area contributed by atoms with Crippen LogP contribution in [0.4, 0.5) is 0 Å². The van der Waals surface area contributed by atoms with E-state index in [9.17, 15) is 0 Å². The molecule has 2 fully saturated rings. The molecule has 0 aliphatic heterocycles. The fourth-order valence-corrected chi connectivity index (χ4v) is 6.69. The summed E-state index contributed by atoms with van der Waals surface area (Å²) in [4.78, 5) is 3.09. The highest BCUT2D eigenvalue weighted by Gasteiger charge is 2.37. The van der Waals surface area contributed by atoms with Crippen LogP contribution in [0, 0.1) is 11.8 Å². The van der Waals surface area contributed by atoms with E-state index in [1.807, 2.05) is 28.2 Å². The topological polar surface area (TPSA) is 0 Å². The largest absolute Gasteiger partial charge is 0.142 e. The van der Waals surface area contributed by atoms with Gasteiger partial charge in [-0.3, -0.25) is 0 Å². The Kier molecular flexibility index (Phi) is 2.54. The quantitative estimate of drug-likeness (QED) is 0.464. The van der Waals surface area contributed by atoms with Gasteiger partial charge in [-0.05, 0) is 66.0 Å². The van der Waals surface area contributed by atoms with Crippen molar-refractivity contribution in [1.82, 2.24) is 0 Å². The van der Waals surface area contributed by atoms with E-state index in [1.54, 1.807) is 26.5 Å². The fourth-order valence-electron chi connectivity index (χ4n) is 4.69. The van der Waals surface area contributed by atoms with Crippen molar-refractivity contribution in [3.63, 3.8) is 0 Å². The summed E-state index contributed by atoms with van der Waals surface area (Å²) in [7, 11) is 0. The molecule has 2 saturated carbocycles. The van der Waals surface area contributed by atoms with Gasteiger partial charge in [0.1, 0.15) is 0 Å². The van der Waals surface area contributed by atoms with Gasteiger partial charge in [0.15, 0.2) is 0 Å². The third kappa shape index (κ3) is 1.47. The monoisotopic (exact) mass is 298 g/mol. The Morgan fingerprint density at radius 3 is 1.75 bits per heavy atom. The van der Waals surface area contributed by atoms with E-state index in [2.05, 4.69) is 22.9 Å². The van der Waals surface area contributed by atoms with Gasteiger partial charge in [0.05, 0.1) is 9.75 Å². The zero-order valence-electron chi connectivity index (χ0n) is 11.5. The van der Waals surface area contributed by atoms with Gasteiger partial charge in [-0.15, -0.1) is 22.7 Å². The molecule has 2 aromatic heterocycles. The molecule has 2 heteroatoms. The van der Waals surface area contributed by atoms with Crippen molar-refractivity contribution >= 4 is 28.2 Å². The number of hydrogen-bond acceptors (Lipinski definition) is 2. The van der Waals surface area contributed by atoms with Crippen LogP contribution in [-0.4, -0.2) is 0 Å². The Balaban J connectivity index is 1.80. The average Bonchev–Trinajstić information content (AvgIpc) is 3.09. The highest BCUT2D eigenvalue weighted by molar-refractivity contribution is 7.21. The normalized spacial score (nSPS) is 27.6. The van der Waals surface area contributed by atoms with E-state index in [1.165, 1.54) is 38.5 Å². The molecule has 5 rings (SSSR count). The first-order valence-corrected chi connectivity index (χ1v) is 9.59.